The molecular weight excluding hydrogens is 301 g/mol. The van der Waals surface area contributed by atoms with Crippen LogP contribution in [0.3, 0.4) is 0 Å². The largest absolute Gasteiger partial charge is 0.386 e. The van der Waals surface area contributed by atoms with Crippen molar-refractivity contribution in [2.24, 2.45) is 5.92 Å². The van der Waals surface area contributed by atoms with Crippen molar-refractivity contribution in [3.05, 3.63) is 33.8 Å². The maximum atomic E-state index is 12.0. The van der Waals surface area contributed by atoms with E-state index in [1.807, 2.05) is 0 Å². The van der Waals surface area contributed by atoms with E-state index in [1.165, 1.54) is 0 Å². The van der Waals surface area contributed by atoms with Gasteiger partial charge in [-0.3, -0.25) is 4.79 Å². The summed E-state index contributed by atoms with van der Waals surface area (Å²) in [6.45, 7) is 1.31. The van der Waals surface area contributed by atoms with Crippen LogP contribution in [-0.4, -0.2) is 30.8 Å². The first-order valence-electron chi connectivity index (χ1n) is 6.57. The average Bonchev–Trinajstić information content (AvgIpc) is 2.45. The first-order chi connectivity index (χ1) is 9.59. The number of ether oxygens (including phenoxy) is 1. The van der Waals surface area contributed by atoms with Crippen molar-refractivity contribution in [3.8, 4) is 0 Å². The van der Waals surface area contributed by atoms with Crippen molar-refractivity contribution in [2.45, 2.75) is 18.9 Å². The van der Waals surface area contributed by atoms with Crippen LogP contribution in [0.2, 0.25) is 10.0 Å². The molecule has 1 fully saturated rings. The van der Waals surface area contributed by atoms with Crippen molar-refractivity contribution < 1.29 is 14.6 Å². The number of hydrogen-bond acceptors (Lipinski definition) is 3. The van der Waals surface area contributed by atoms with E-state index in [0.717, 1.165) is 12.8 Å². The SMILES string of the molecule is O=C(NCC(O)c1c(Cl)cccc1Cl)C1CCOCC1. The molecule has 2 N–H and O–H groups in total. The Morgan fingerprint density at radius 3 is 2.55 bits per heavy atom. The minimum Gasteiger partial charge on any atom is -0.386 e. The maximum Gasteiger partial charge on any atom is 0.223 e. The quantitative estimate of drug-likeness (QED) is 0.897. The summed E-state index contributed by atoms with van der Waals surface area (Å²) in [5.74, 6) is -0.104. The second kappa shape index (κ2) is 7.27. The second-order valence-corrected chi connectivity index (χ2v) is 5.60. The van der Waals surface area contributed by atoms with Crippen LogP contribution in [-0.2, 0) is 9.53 Å². The molecule has 0 spiro atoms. The van der Waals surface area contributed by atoms with Gasteiger partial charge >= 0.3 is 0 Å². The van der Waals surface area contributed by atoms with E-state index in [2.05, 4.69) is 5.32 Å². The fourth-order valence-corrected chi connectivity index (χ4v) is 2.88. The highest BCUT2D eigenvalue weighted by Crippen LogP contribution is 2.29. The summed E-state index contributed by atoms with van der Waals surface area (Å²) in [6.07, 6.45) is 0.517. The second-order valence-electron chi connectivity index (χ2n) is 4.78. The van der Waals surface area contributed by atoms with Crippen LogP contribution in [0.5, 0.6) is 0 Å². The smallest absolute Gasteiger partial charge is 0.223 e. The standard InChI is InChI=1S/C14H17Cl2NO3/c15-10-2-1-3-11(16)13(10)12(18)8-17-14(19)9-4-6-20-7-5-9/h1-3,9,12,18H,4-8H2,(H,17,19). The molecule has 4 nitrogen and oxygen atoms in total. The summed E-state index contributed by atoms with van der Waals surface area (Å²) in [5, 5.41) is 13.7. The number of carbonyl (C=O) groups excluding carboxylic acids is 1. The van der Waals surface area contributed by atoms with Crippen molar-refractivity contribution in [3.63, 3.8) is 0 Å². The molecule has 1 aliphatic rings. The van der Waals surface area contributed by atoms with Gasteiger partial charge in [0.2, 0.25) is 5.91 Å². The van der Waals surface area contributed by atoms with Crippen molar-refractivity contribution in [2.75, 3.05) is 19.8 Å². The Kier molecular flexibility index (Phi) is 5.66. The van der Waals surface area contributed by atoms with E-state index >= 15 is 0 Å². The van der Waals surface area contributed by atoms with E-state index in [9.17, 15) is 9.90 Å². The third kappa shape index (κ3) is 3.85. The zero-order valence-corrected chi connectivity index (χ0v) is 12.5. The topological polar surface area (TPSA) is 58.6 Å². The Bertz CT molecular complexity index is 455. The number of halogens is 2. The molecule has 0 radical (unpaired) electrons. The third-order valence-corrected chi connectivity index (χ3v) is 4.05. The molecule has 0 aliphatic carbocycles. The predicted molar refractivity (Wildman–Crippen MR) is 78.0 cm³/mol. The average molecular weight is 318 g/mol. The van der Waals surface area contributed by atoms with Crippen molar-refractivity contribution >= 4 is 29.1 Å². The Labute approximate surface area is 128 Å². The summed E-state index contributed by atoms with van der Waals surface area (Å²) in [6, 6.07) is 5.03. The highest BCUT2D eigenvalue weighted by Gasteiger charge is 2.23. The molecule has 1 heterocycles. The van der Waals surface area contributed by atoms with Crippen LogP contribution in [0, 0.1) is 5.92 Å². The molecule has 1 unspecified atom stereocenters. The lowest BCUT2D eigenvalue weighted by atomic mass is 9.99. The monoisotopic (exact) mass is 317 g/mol. The van der Waals surface area contributed by atoms with Gasteiger partial charge < -0.3 is 15.2 Å². The van der Waals surface area contributed by atoms with E-state index in [1.54, 1.807) is 18.2 Å². The van der Waals surface area contributed by atoms with Gasteiger partial charge in [0.05, 0.1) is 6.10 Å². The van der Waals surface area contributed by atoms with Crippen LogP contribution in [0.25, 0.3) is 0 Å². The van der Waals surface area contributed by atoms with Gasteiger partial charge in [0, 0.05) is 41.3 Å². The molecule has 2 rings (SSSR count). The molecule has 1 aromatic carbocycles. The van der Waals surface area contributed by atoms with Crippen LogP contribution < -0.4 is 5.32 Å². The molecule has 1 atom stereocenters. The van der Waals surface area contributed by atoms with Crippen LogP contribution in [0.4, 0.5) is 0 Å². The molecule has 6 heteroatoms. The molecule has 0 saturated carbocycles. The molecule has 1 amide bonds. The van der Waals surface area contributed by atoms with Gasteiger partial charge in [-0.05, 0) is 25.0 Å². The van der Waals surface area contributed by atoms with Gasteiger partial charge in [-0.15, -0.1) is 0 Å². The molecule has 1 aliphatic heterocycles. The molecule has 1 aromatic rings. The molecule has 0 aromatic heterocycles. The number of rotatable bonds is 4. The fourth-order valence-electron chi connectivity index (χ4n) is 2.23. The van der Waals surface area contributed by atoms with Gasteiger partial charge in [0.25, 0.3) is 0 Å². The number of nitrogens with one attached hydrogen (secondary N) is 1. The summed E-state index contributed by atoms with van der Waals surface area (Å²) in [4.78, 5) is 12.0. The molecule has 20 heavy (non-hydrogen) atoms. The lowest BCUT2D eigenvalue weighted by Gasteiger charge is -2.22. The maximum absolute atomic E-state index is 12.0. The summed E-state index contributed by atoms with van der Waals surface area (Å²) in [5.41, 5.74) is 0.447. The highest BCUT2D eigenvalue weighted by molar-refractivity contribution is 6.36. The van der Waals surface area contributed by atoms with E-state index < -0.39 is 6.10 Å². The Morgan fingerprint density at radius 2 is 1.95 bits per heavy atom. The van der Waals surface area contributed by atoms with Crippen molar-refractivity contribution in [1.82, 2.24) is 5.32 Å². The third-order valence-electron chi connectivity index (χ3n) is 3.39. The summed E-state index contributed by atoms with van der Waals surface area (Å²) >= 11 is 12.0. The minimum atomic E-state index is -0.917. The predicted octanol–water partition coefficient (Wildman–Crippen LogP) is 2.57. The number of carbonyl (C=O) groups is 1. The van der Waals surface area contributed by atoms with Gasteiger partial charge in [0.1, 0.15) is 0 Å². The van der Waals surface area contributed by atoms with Crippen LogP contribution >= 0.6 is 23.2 Å². The first kappa shape index (κ1) is 15.6. The number of amides is 1. The lowest BCUT2D eigenvalue weighted by Crippen LogP contribution is -2.36. The van der Waals surface area contributed by atoms with Gasteiger partial charge in [-0.2, -0.15) is 0 Å². The van der Waals surface area contributed by atoms with Gasteiger partial charge in [-0.1, -0.05) is 29.3 Å². The lowest BCUT2D eigenvalue weighted by molar-refractivity contribution is -0.128. The zero-order valence-electron chi connectivity index (χ0n) is 10.9. The van der Waals surface area contributed by atoms with E-state index in [0.29, 0.717) is 28.8 Å². The first-order valence-corrected chi connectivity index (χ1v) is 7.32. The van der Waals surface area contributed by atoms with E-state index in [-0.39, 0.29) is 18.4 Å². The van der Waals surface area contributed by atoms with Gasteiger partial charge in [0.15, 0.2) is 0 Å². The molecule has 1 saturated heterocycles. The molecular formula is C14H17Cl2NO3. The normalized spacial score (nSPS) is 17.8. The number of hydrogen-bond donors (Lipinski definition) is 2. The Hall–Kier alpha value is -0.810. The fraction of sp³-hybridized carbons (Fsp3) is 0.500. The zero-order chi connectivity index (χ0) is 14.5. The Morgan fingerprint density at radius 1 is 1.35 bits per heavy atom. The highest BCUT2D eigenvalue weighted by atomic mass is 35.5. The minimum absolute atomic E-state index is 0.0438. The van der Waals surface area contributed by atoms with Crippen LogP contribution in [0.1, 0.15) is 24.5 Å². The van der Waals surface area contributed by atoms with Crippen LogP contribution in [0.15, 0.2) is 18.2 Å². The number of benzene rings is 1. The number of aliphatic hydroxyl groups is 1. The van der Waals surface area contributed by atoms with Gasteiger partial charge in [-0.25, -0.2) is 0 Å². The van der Waals surface area contributed by atoms with Crippen molar-refractivity contribution in [1.29, 1.82) is 0 Å². The summed E-state index contributed by atoms with van der Waals surface area (Å²) in [7, 11) is 0. The molecule has 110 valence electrons. The molecule has 0 bridgehead atoms. The van der Waals surface area contributed by atoms with E-state index in [4.69, 9.17) is 27.9 Å². The summed E-state index contributed by atoms with van der Waals surface area (Å²) < 4.78 is 5.21. The Balaban J connectivity index is 1.91. The number of aliphatic hydroxyl groups excluding tert-OH is 1.